The first kappa shape index (κ1) is 16.7. The molecule has 1 aromatic rings. The lowest BCUT2D eigenvalue weighted by Gasteiger charge is -2.31. The van der Waals surface area contributed by atoms with Crippen molar-refractivity contribution in [2.75, 3.05) is 0 Å². The van der Waals surface area contributed by atoms with E-state index in [1.807, 2.05) is 0 Å². The summed E-state index contributed by atoms with van der Waals surface area (Å²) < 4.78 is 39.8. The fraction of sp³-hybridized carbons (Fsp3) is 0.643. The lowest BCUT2D eigenvalue weighted by Crippen LogP contribution is -2.49. The van der Waals surface area contributed by atoms with Gasteiger partial charge in [-0.2, -0.15) is 13.2 Å². The van der Waals surface area contributed by atoms with Crippen LogP contribution >= 0.6 is 0 Å². The average Bonchev–Trinajstić information content (AvgIpc) is 2.48. The van der Waals surface area contributed by atoms with Gasteiger partial charge in [0.1, 0.15) is 12.1 Å². The highest BCUT2D eigenvalue weighted by molar-refractivity contribution is 5.74. The highest BCUT2D eigenvalue weighted by Gasteiger charge is 2.45. The van der Waals surface area contributed by atoms with Crippen LogP contribution in [0.2, 0.25) is 0 Å². The molecule has 2 atom stereocenters. The predicted molar refractivity (Wildman–Crippen MR) is 72.0 cm³/mol. The molecule has 0 aliphatic heterocycles. The lowest BCUT2D eigenvalue weighted by molar-refractivity contribution is -0.165. The second-order valence-corrected chi connectivity index (χ2v) is 5.49. The van der Waals surface area contributed by atoms with E-state index in [0.29, 0.717) is 12.8 Å². The summed E-state index contributed by atoms with van der Waals surface area (Å²) in [5, 5.41) is 11.6. The molecule has 0 amide bonds. The Labute approximate surface area is 126 Å². The number of alkyl halides is 3. The zero-order valence-corrected chi connectivity index (χ0v) is 11.9. The number of carbonyl (C=O) groups is 1. The number of aliphatic carboxylic acids is 1. The number of carboxylic acids is 1. The molecule has 2 N–H and O–H groups in total. The summed E-state index contributed by atoms with van der Waals surface area (Å²) in [6, 6.07) is -3.38. The highest BCUT2D eigenvalue weighted by Crippen LogP contribution is 2.34. The second-order valence-electron chi connectivity index (χ2n) is 5.49. The first-order valence-electron chi connectivity index (χ1n) is 7.21. The molecule has 22 heavy (non-hydrogen) atoms. The Balaban J connectivity index is 2.21. The number of nitrogens with one attached hydrogen (secondary N) is 1. The van der Waals surface area contributed by atoms with Crippen LogP contribution in [-0.2, 0) is 4.79 Å². The predicted octanol–water partition coefficient (Wildman–Crippen LogP) is 2.70. The maximum absolute atomic E-state index is 13.3. The number of aromatic nitrogens is 2. The lowest BCUT2D eigenvalue weighted by atomic mass is 9.83. The molecule has 5 nitrogen and oxygen atoms in total. The monoisotopic (exact) mass is 317 g/mol. The normalized spacial score (nSPS) is 19.6. The average molecular weight is 317 g/mol. The van der Waals surface area contributed by atoms with Crippen LogP contribution in [0, 0.1) is 5.92 Å². The van der Waals surface area contributed by atoms with Crippen molar-refractivity contribution in [1.82, 2.24) is 15.3 Å². The van der Waals surface area contributed by atoms with Gasteiger partial charge in [0.2, 0.25) is 0 Å². The second kappa shape index (κ2) is 7.04. The van der Waals surface area contributed by atoms with Gasteiger partial charge in [-0.15, -0.1) is 0 Å². The van der Waals surface area contributed by atoms with Crippen LogP contribution in [0.15, 0.2) is 18.6 Å². The van der Waals surface area contributed by atoms with E-state index < -0.39 is 24.2 Å². The third-order valence-electron chi connectivity index (χ3n) is 3.94. The van der Waals surface area contributed by atoms with E-state index in [9.17, 15) is 23.1 Å². The van der Waals surface area contributed by atoms with E-state index in [2.05, 4.69) is 15.3 Å². The Bertz CT molecular complexity index is 490. The Hall–Kier alpha value is -1.70. The van der Waals surface area contributed by atoms with Crippen molar-refractivity contribution in [3.8, 4) is 0 Å². The molecular formula is C14H18F3N3O2. The van der Waals surface area contributed by atoms with Crippen LogP contribution in [0.1, 0.15) is 43.8 Å². The Morgan fingerprint density at radius 2 is 1.95 bits per heavy atom. The maximum Gasteiger partial charge on any atom is 0.409 e. The summed E-state index contributed by atoms with van der Waals surface area (Å²) in [6.07, 6.45) is 2.72. The summed E-state index contributed by atoms with van der Waals surface area (Å²) in [7, 11) is 0. The topological polar surface area (TPSA) is 75.1 Å². The maximum atomic E-state index is 13.3. The standard InChI is InChI=1S/C14H18F3N3O2/c15-14(16,17)12(10-8-18-6-7-19-10)20-11(13(21)22)9-4-2-1-3-5-9/h6-9,11-12,20H,1-5H2,(H,21,22). The van der Waals surface area contributed by atoms with Crippen molar-refractivity contribution < 1.29 is 23.1 Å². The van der Waals surface area contributed by atoms with Gasteiger partial charge in [-0.25, -0.2) is 0 Å². The minimum Gasteiger partial charge on any atom is -0.480 e. The van der Waals surface area contributed by atoms with Gasteiger partial charge in [0, 0.05) is 12.4 Å². The van der Waals surface area contributed by atoms with Crippen LogP contribution in [0.4, 0.5) is 13.2 Å². The summed E-state index contributed by atoms with van der Waals surface area (Å²) in [6.45, 7) is 0. The van der Waals surface area contributed by atoms with Gasteiger partial charge in [-0.05, 0) is 18.8 Å². The first-order chi connectivity index (χ1) is 10.4. The van der Waals surface area contributed by atoms with Crippen LogP contribution in [0.25, 0.3) is 0 Å². The number of hydrogen-bond donors (Lipinski definition) is 2. The van der Waals surface area contributed by atoms with Crippen molar-refractivity contribution >= 4 is 5.97 Å². The first-order valence-corrected chi connectivity index (χ1v) is 7.21. The molecule has 0 radical (unpaired) electrons. The smallest absolute Gasteiger partial charge is 0.409 e. The van der Waals surface area contributed by atoms with Gasteiger partial charge in [0.25, 0.3) is 0 Å². The molecule has 8 heteroatoms. The molecule has 0 aromatic carbocycles. The summed E-state index contributed by atoms with van der Waals surface area (Å²) in [5.74, 6) is -1.56. The molecule has 0 bridgehead atoms. The van der Waals surface area contributed by atoms with E-state index in [1.54, 1.807) is 0 Å². The molecule has 0 saturated heterocycles. The SMILES string of the molecule is O=C(O)C(NC(c1cnccn1)C(F)(F)F)C1CCCCC1. The zero-order valence-electron chi connectivity index (χ0n) is 11.9. The molecule has 1 heterocycles. The van der Waals surface area contributed by atoms with E-state index in [0.717, 1.165) is 31.7 Å². The molecule has 1 aliphatic carbocycles. The van der Waals surface area contributed by atoms with Gasteiger partial charge in [0.15, 0.2) is 0 Å². The molecular weight excluding hydrogens is 299 g/mol. The van der Waals surface area contributed by atoms with Gasteiger partial charge in [-0.1, -0.05) is 19.3 Å². The van der Waals surface area contributed by atoms with Crippen LogP contribution in [0.3, 0.4) is 0 Å². The molecule has 2 rings (SSSR count). The molecule has 1 aromatic heterocycles. The van der Waals surface area contributed by atoms with Gasteiger partial charge < -0.3 is 5.11 Å². The Morgan fingerprint density at radius 3 is 2.45 bits per heavy atom. The van der Waals surface area contributed by atoms with Crippen molar-refractivity contribution in [3.05, 3.63) is 24.3 Å². The number of rotatable bonds is 5. The fourth-order valence-corrected chi connectivity index (χ4v) is 2.86. The largest absolute Gasteiger partial charge is 0.480 e. The van der Waals surface area contributed by atoms with E-state index >= 15 is 0 Å². The van der Waals surface area contributed by atoms with E-state index in [1.165, 1.54) is 6.20 Å². The summed E-state index contributed by atoms with van der Waals surface area (Å²) >= 11 is 0. The van der Waals surface area contributed by atoms with Crippen molar-refractivity contribution in [1.29, 1.82) is 0 Å². The van der Waals surface area contributed by atoms with E-state index in [4.69, 9.17) is 0 Å². The molecule has 2 unspecified atom stereocenters. The van der Waals surface area contributed by atoms with E-state index in [-0.39, 0.29) is 11.6 Å². The number of hydrogen-bond acceptors (Lipinski definition) is 4. The third-order valence-corrected chi connectivity index (χ3v) is 3.94. The van der Waals surface area contributed by atoms with Crippen molar-refractivity contribution in [2.45, 2.75) is 50.4 Å². The van der Waals surface area contributed by atoms with Crippen molar-refractivity contribution in [3.63, 3.8) is 0 Å². The summed E-state index contributed by atoms with van der Waals surface area (Å²) in [5.41, 5.74) is -0.322. The quantitative estimate of drug-likeness (QED) is 0.873. The van der Waals surface area contributed by atoms with Gasteiger partial charge in [0.05, 0.1) is 11.9 Å². The summed E-state index contributed by atoms with van der Waals surface area (Å²) in [4.78, 5) is 18.7. The highest BCUT2D eigenvalue weighted by atomic mass is 19.4. The van der Waals surface area contributed by atoms with Crippen molar-refractivity contribution in [2.24, 2.45) is 5.92 Å². The van der Waals surface area contributed by atoms with Gasteiger partial charge >= 0.3 is 12.1 Å². The number of nitrogens with zero attached hydrogens (tertiary/aromatic N) is 2. The molecule has 1 aliphatic rings. The number of halogens is 3. The molecule has 1 fully saturated rings. The van der Waals surface area contributed by atoms with Crippen LogP contribution in [0.5, 0.6) is 0 Å². The zero-order chi connectivity index (χ0) is 16.2. The minimum atomic E-state index is -4.64. The molecule has 122 valence electrons. The molecule has 0 spiro atoms. The third kappa shape index (κ3) is 4.16. The minimum absolute atomic E-state index is 0.298. The van der Waals surface area contributed by atoms with Crippen LogP contribution < -0.4 is 5.32 Å². The Kier molecular flexibility index (Phi) is 5.33. The molecule has 1 saturated carbocycles. The Morgan fingerprint density at radius 1 is 1.27 bits per heavy atom. The number of carboxylic acid groups (broad SMARTS) is 1. The van der Waals surface area contributed by atoms with Gasteiger partial charge in [-0.3, -0.25) is 20.1 Å². The van der Waals surface area contributed by atoms with Crippen LogP contribution in [-0.4, -0.2) is 33.3 Å². The fourth-order valence-electron chi connectivity index (χ4n) is 2.86.